The number of benzene rings is 2. The molecule has 0 spiro atoms. The Hall–Kier alpha value is -4.24. The number of nitrogens with one attached hydrogen (secondary N) is 3. The highest BCUT2D eigenvalue weighted by molar-refractivity contribution is 5.93. The highest BCUT2D eigenvalue weighted by atomic mass is 16.6. The van der Waals surface area contributed by atoms with Crippen molar-refractivity contribution < 1.29 is 48.0 Å². The zero-order chi connectivity index (χ0) is 37.5. The van der Waals surface area contributed by atoms with Crippen LogP contribution < -0.4 is 20.7 Å². The van der Waals surface area contributed by atoms with E-state index in [9.17, 15) is 19.2 Å². The molecular weight excluding hydrogens is 672 g/mol. The van der Waals surface area contributed by atoms with Crippen LogP contribution >= 0.6 is 0 Å². The third-order valence-corrected chi connectivity index (χ3v) is 9.04. The fourth-order valence-electron chi connectivity index (χ4n) is 6.43. The van der Waals surface area contributed by atoms with Gasteiger partial charge in [0, 0.05) is 26.6 Å². The minimum atomic E-state index is -1.08. The van der Waals surface area contributed by atoms with Crippen LogP contribution in [-0.2, 0) is 52.7 Å². The number of carbonyl (C=O) groups is 4. The van der Waals surface area contributed by atoms with Crippen molar-refractivity contribution in [1.29, 1.82) is 0 Å². The van der Waals surface area contributed by atoms with Crippen molar-refractivity contribution in [3.63, 3.8) is 0 Å². The maximum atomic E-state index is 14.4. The molecule has 2 aromatic rings. The topological polar surface area (TPSA) is 174 Å². The first kappa shape index (κ1) is 40.5. The monoisotopic (exact) mass is 726 g/mol. The van der Waals surface area contributed by atoms with Crippen molar-refractivity contribution in [2.24, 2.45) is 5.41 Å². The van der Waals surface area contributed by atoms with E-state index in [0.717, 1.165) is 36.0 Å². The summed E-state index contributed by atoms with van der Waals surface area (Å²) in [5.74, 6) is -0.355. The quantitative estimate of drug-likeness (QED) is 0.158. The van der Waals surface area contributed by atoms with E-state index >= 15 is 0 Å². The molecule has 1 heterocycles. The van der Waals surface area contributed by atoms with E-state index in [1.165, 1.54) is 12.7 Å². The van der Waals surface area contributed by atoms with Gasteiger partial charge in [-0.1, -0.05) is 51.1 Å². The van der Waals surface area contributed by atoms with Gasteiger partial charge >= 0.3 is 6.09 Å². The van der Waals surface area contributed by atoms with E-state index in [2.05, 4.69) is 28.1 Å². The lowest BCUT2D eigenvalue weighted by Gasteiger charge is -2.41. The Morgan fingerprint density at radius 1 is 0.904 bits per heavy atom. The summed E-state index contributed by atoms with van der Waals surface area (Å²) in [6, 6.07) is 12.1. The molecule has 4 N–H and O–H groups in total. The van der Waals surface area contributed by atoms with Crippen LogP contribution in [0.3, 0.4) is 0 Å². The highest BCUT2D eigenvalue weighted by Gasteiger charge is 2.42. The summed E-state index contributed by atoms with van der Waals surface area (Å²) in [7, 11) is 1.42. The van der Waals surface area contributed by atoms with Crippen LogP contribution in [0.2, 0.25) is 0 Å². The van der Waals surface area contributed by atoms with Gasteiger partial charge in [-0.25, -0.2) is 4.79 Å². The molecule has 14 heteroatoms. The summed E-state index contributed by atoms with van der Waals surface area (Å²) in [6.45, 7) is 8.24. The van der Waals surface area contributed by atoms with E-state index < -0.39 is 29.5 Å². The largest absolute Gasteiger partial charge is 0.491 e. The first-order valence-electron chi connectivity index (χ1n) is 17.9. The second kappa shape index (κ2) is 20.1. The van der Waals surface area contributed by atoms with Crippen molar-refractivity contribution >= 4 is 23.8 Å². The van der Waals surface area contributed by atoms with E-state index in [1.54, 1.807) is 4.90 Å². The molecule has 0 radical (unpaired) electrons. The molecule has 3 atom stereocenters. The number of carbonyl (C=O) groups excluding carboxylic acids is 3. The molecule has 14 nitrogen and oxygen atoms in total. The van der Waals surface area contributed by atoms with Crippen LogP contribution in [0.5, 0.6) is 5.75 Å². The predicted octanol–water partition coefficient (Wildman–Crippen LogP) is 3.01. The number of aryl methyl sites for hydroxylation is 1. The number of rotatable bonds is 19. The standard InChI is InChI=1S/C38H54N4O10/c1-38(2,3)34(41-33(43)25-48-4)36(45)42-24-28-22-29(52-21-20-51-19-18-50-17-16-49-15-14-39-37(46)47)13-12-27(28)23-32(42)35(44)40-31-11-7-9-26-8-5-6-10-30(26)31/h5-6,8,10,12-13,22,31-32,34,39H,7,9,11,14-21,23-25H2,1-4H3,(H,40,44)(H,41,43)(H,46,47)/t31-,32+,34-/m1/s1. The summed E-state index contributed by atoms with van der Waals surface area (Å²) in [4.78, 5) is 53.2. The molecule has 4 amide bonds. The molecule has 286 valence electrons. The summed E-state index contributed by atoms with van der Waals surface area (Å²) >= 11 is 0. The average molecular weight is 727 g/mol. The molecule has 4 rings (SSSR count). The van der Waals surface area contributed by atoms with Gasteiger partial charge in [0.15, 0.2) is 0 Å². The minimum Gasteiger partial charge on any atom is -0.491 e. The normalized spacial score (nSPS) is 17.3. The summed E-state index contributed by atoms with van der Waals surface area (Å²) < 4.78 is 27.3. The summed E-state index contributed by atoms with van der Waals surface area (Å²) in [5.41, 5.74) is 3.51. The lowest BCUT2D eigenvalue weighted by molar-refractivity contribution is -0.147. The fourth-order valence-corrected chi connectivity index (χ4v) is 6.43. The zero-order valence-electron chi connectivity index (χ0n) is 30.7. The highest BCUT2D eigenvalue weighted by Crippen LogP contribution is 2.33. The molecule has 2 aliphatic rings. The number of ether oxygens (including phenoxy) is 5. The van der Waals surface area contributed by atoms with Crippen LogP contribution in [0.1, 0.15) is 61.9 Å². The molecule has 0 bridgehead atoms. The molecular formula is C38H54N4O10. The Balaban J connectivity index is 1.38. The average Bonchev–Trinajstić information content (AvgIpc) is 3.11. The lowest BCUT2D eigenvalue weighted by atomic mass is 9.84. The summed E-state index contributed by atoms with van der Waals surface area (Å²) in [5, 5.41) is 16.9. The number of carboxylic acid groups (broad SMARTS) is 1. The van der Waals surface area contributed by atoms with Crippen LogP contribution in [0.15, 0.2) is 42.5 Å². The van der Waals surface area contributed by atoms with Gasteiger partial charge in [-0.3, -0.25) is 14.4 Å². The van der Waals surface area contributed by atoms with Crippen LogP contribution in [-0.4, -0.2) is 112 Å². The van der Waals surface area contributed by atoms with Gasteiger partial charge in [-0.05, 0) is 59.1 Å². The third-order valence-electron chi connectivity index (χ3n) is 9.04. The molecule has 0 unspecified atom stereocenters. The van der Waals surface area contributed by atoms with Crippen molar-refractivity contribution in [1.82, 2.24) is 20.9 Å². The predicted molar refractivity (Wildman–Crippen MR) is 192 cm³/mol. The lowest BCUT2D eigenvalue weighted by Crippen LogP contribution is -2.61. The number of methoxy groups -OCH3 is 1. The molecule has 0 aromatic heterocycles. The van der Waals surface area contributed by atoms with Crippen LogP contribution in [0.25, 0.3) is 0 Å². The Kier molecular flexibility index (Phi) is 15.7. The molecule has 2 aromatic carbocycles. The van der Waals surface area contributed by atoms with E-state index in [0.29, 0.717) is 51.8 Å². The second-order valence-corrected chi connectivity index (χ2v) is 14.0. The molecule has 0 fully saturated rings. The van der Waals surface area contributed by atoms with Gasteiger partial charge in [0.2, 0.25) is 17.7 Å². The first-order valence-corrected chi connectivity index (χ1v) is 17.9. The number of hydrogen-bond acceptors (Lipinski definition) is 9. The Morgan fingerprint density at radius 3 is 2.29 bits per heavy atom. The number of fused-ring (bicyclic) bond motifs is 2. The van der Waals surface area contributed by atoms with Crippen molar-refractivity contribution in [3.05, 3.63) is 64.7 Å². The van der Waals surface area contributed by atoms with Gasteiger partial charge < -0.3 is 49.6 Å². The smallest absolute Gasteiger partial charge is 0.404 e. The zero-order valence-corrected chi connectivity index (χ0v) is 30.7. The van der Waals surface area contributed by atoms with Crippen molar-refractivity contribution in [3.8, 4) is 5.75 Å². The number of amides is 4. The maximum absolute atomic E-state index is 14.4. The Morgan fingerprint density at radius 2 is 1.60 bits per heavy atom. The van der Waals surface area contributed by atoms with Gasteiger partial charge in [0.05, 0.1) is 45.7 Å². The van der Waals surface area contributed by atoms with E-state index in [4.69, 9.17) is 28.8 Å². The van der Waals surface area contributed by atoms with Crippen molar-refractivity contribution in [2.45, 2.75) is 71.1 Å². The summed E-state index contributed by atoms with van der Waals surface area (Å²) in [6.07, 6.45) is 1.98. The van der Waals surface area contributed by atoms with E-state index in [-0.39, 0.29) is 44.2 Å². The minimum absolute atomic E-state index is 0.145. The van der Waals surface area contributed by atoms with E-state index in [1.807, 2.05) is 51.1 Å². The van der Waals surface area contributed by atoms with Crippen LogP contribution in [0, 0.1) is 5.41 Å². The number of hydrogen-bond donors (Lipinski definition) is 4. The second-order valence-electron chi connectivity index (χ2n) is 14.0. The van der Waals surface area contributed by atoms with Gasteiger partial charge in [0.25, 0.3) is 0 Å². The Bertz CT molecular complexity index is 1500. The maximum Gasteiger partial charge on any atom is 0.404 e. The molecule has 1 aliphatic heterocycles. The molecule has 1 aliphatic carbocycles. The fraction of sp³-hybridized carbons (Fsp3) is 0.579. The first-order chi connectivity index (χ1) is 25.0. The third kappa shape index (κ3) is 12.2. The van der Waals surface area contributed by atoms with Gasteiger partial charge in [0.1, 0.15) is 31.0 Å². The molecule has 52 heavy (non-hydrogen) atoms. The SMILES string of the molecule is COCC(=O)N[C@H](C(=O)N1Cc2cc(OCCOCCOCCOCCNC(=O)O)ccc2C[C@H]1C(=O)N[C@@H]1CCCc2ccccc21)C(C)(C)C. The van der Waals surface area contributed by atoms with Crippen molar-refractivity contribution in [2.75, 3.05) is 66.5 Å². The van der Waals surface area contributed by atoms with Crippen LogP contribution in [0.4, 0.5) is 4.79 Å². The molecule has 0 saturated heterocycles. The van der Waals surface area contributed by atoms with Gasteiger partial charge in [-0.15, -0.1) is 0 Å². The number of nitrogens with zero attached hydrogens (tertiary/aromatic N) is 1. The van der Waals surface area contributed by atoms with Gasteiger partial charge in [-0.2, -0.15) is 0 Å². The molecule has 0 saturated carbocycles. The Labute approximate surface area is 305 Å².